The van der Waals surface area contributed by atoms with Gasteiger partial charge in [0.25, 0.3) is 0 Å². The van der Waals surface area contributed by atoms with E-state index in [-0.39, 0.29) is 5.41 Å². The molecule has 10 aromatic rings. The maximum absolute atomic E-state index is 6.58. The van der Waals surface area contributed by atoms with Gasteiger partial charge in [-0.2, -0.15) is 0 Å². The molecule has 0 amide bonds. The van der Waals surface area contributed by atoms with Crippen molar-refractivity contribution in [3.63, 3.8) is 0 Å². The van der Waals surface area contributed by atoms with Gasteiger partial charge in [-0.3, -0.25) is 0 Å². The molecule has 2 nitrogen and oxygen atoms in total. The molecule has 1 aromatic heterocycles. The van der Waals surface area contributed by atoms with Crippen LogP contribution in [0.15, 0.2) is 223 Å². The van der Waals surface area contributed by atoms with Gasteiger partial charge in [0.05, 0.1) is 0 Å². The third kappa shape index (κ3) is 5.56. The van der Waals surface area contributed by atoms with Crippen LogP contribution in [0.1, 0.15) is 23.6 Å². The highest BCUT2D eigenvalue weighted by molar-refractivity contribution is 6.06. The van der Waals surface area contributed by atoms with Crippen LogP contribution in [0.5, 0.6) is 0 Å². The molecule has 0 bridgehead atoms. The molecule has 0 radical (unpaired) electrons. The molecule has 0 unspecified atom stereocenters. The monoisotopic (exact) mass is 741 g/mol. The van der Waals surface area contributed by atoms with E-state index < -0.39 is 0 Å². The number of hydrogen-bond acceptors (Lipinski definition) is 2. The van der Waals surface area contributed by atoms with Crippen molar-refractivity contribution < 1.29 is 4.42 Å². The van der Waals surface area contributed by atoms with Gasteiger partial charge in [0.2, 0.25) is 0 Å². The maximum atomic E-state index is 6.58. The van der Waals surface area contributed by atoms with Crippen LogP contribution in [0.25, 0.3) is 66.4 Å². The summed E-state index contributed by atoms with van der Waals surface area (Å²) >= 11 is 0. The second kappa shape index (κ2) is 13.7. The molecule has 0 N–H and O–H groups in total. The van der Waals surface area contributed by atoms with Gasteiger partial charge in [0.1, 0.15) is 11.2 Å². The third-order valence-electron chi connectivity index (χ3n) is 12.2. The Bertz CT molecular complexity index is 2960. The van der Waals surface area contributed by atoms with Gasteiger partial charge in [-0.15, -0.1) is 0 Å². The first-order valence-electron chi connectivity index (χ1n) is 20.0. The van der Waals surface area contributed by atoms with Crippen molar-refractivity contribution in [2.75, 3.05) is 4.90 Å². The van der Waals surface area contributed by atoms with Crippen molar-refractivity contribution in [3.8, 4) is 44.5 Å². The van der Waals surface area contributed by atoms with Crippen LogP contribution in [-0.4, -0.2) is 0 Å². The largest absolute Gasteiger partial charge is 0.456 e. The quantitative estimate of drug-likeness (QED) is 0.162. The first kappa shape index (κ1) is 33.9. The van der Waals surface area contributed by atoms with Crippen molar-refractivity contribution in [3.05, 3.63) is 235 Å². The second-order valence-electron chi connectivity index (χ2n) is 15.4. The molecule has 0 aliphatic heterocycles. The molecule has 11 rings (SSSR count). The van der Waals surface area contributed by atoms with Crippen molar-refractivity contribution in [2.45, 2.75) is 12.3 Å². The van der Waals surface area contributed by atoms with E-state index in [1.807, 2.05) is 0 Å². The zero-order valence-electron chi connectivity index (χ0n) is 32.1. The van der Waals surface area contributed by atoms with E-state index in [2.05, 4.69) is 230 Å². The minimum atomic E-state index is -0.269. The lowest BCUT2D eigenvalue weighted by Crippen LogP contribution is -2.22. The fourth-order valence-electron chi connectivity index (χ4n) is 9.15. The predicted molar refractivity (Wildman–Crippen MR) is 242 cm³/mol. The summed E-state index contributed by atoms with van der Waals surface area (Å²) in [6.07, 6.45) is 0. The summed E-state index contributed by atoms with van der Waals surface area (Å²) in [7, 11) is 0. The first-order valence-corrected chi connectivity index (χ1v) is 20.0. The minimum Gasteiger partial charge on any atom is -0.456 e. The van der Waals surface area contributed by atoms with Gasteiger partial charge in [0.15, 0.2) is 0 Å². The highest BCUT2D eigenvalue weighted by Gasteiger charge is 2.40. The standard InChI is InChI=1S/C56H39NO/c1-56(52-18-10-8-16-48(52)49-17-9-11-19-53(49)56)44-27-34-50-51-36-43(26-35-54(51)58-55(50)37-44)42-24-32-47(33-25-42)57(45-28-20-40(21-29-45)38-12-4-2-5-13-38)46-30-22-41(23-31-46)39-14-6-3-7-15-39/h2-37H,1H3. The van der Waals surface area contributed by atoms with E-state index in [4.69, 9.17) is 4.42 Å². The fraction of sp³-hybridized carbons (Fsp3) is 0.0357. The molecule has 0 saturated carbocycles. The van der Waals surface area contributed by atoms with E-state index in [0.717, 1.165) is 50.1 Å². The van der Waals surface area contributed by atoms with E-state index in [9.17, 15) is 0 Å². The van der Waals surface area contributed by atoms with Gasteiger partial charge in [0, 0.05) is 33.2 Å². The lowest BCUT2D eigenvalue weighted by Gasteiger charge is -2.28. The van der Waals surface area contributed by atoms with Crippen LogP contribution in [-0.2, 0) is 5.41 Å². The van der Waals surface area contributed by atoms with E-state index in [1.165, 1.54) is 50.1 Å². The molecule has 0 saturated heterocycles. The Labute approximate surface area is 338 Å². The molecule has 274 valence electrons. The highest BCUT2D eigenvalue weighted by atomic mass is 16.3. The summed E-state index contributed by atoms with van der Waals surface area (Å²) in [5, 5.41) is 2.25. The Hall–Kier alpha value is -7.42. The number of hydrogen-bond donors (Lipinski definition) is 0. The Kier molecular flexibility index (Phi) is 7.97. The number of benzene rings is 9. The minimum absolute atomic E-state index is 0.269. The fourth-order valence-corrected chi connectivity index (χ4v) is 9.15. The van der Waals surface area contributed by atoms with Gasteiger partial charge >= 0.3 is 0 Å². The lowest BCUT2D eigenvalue weighted by molar-refractivity contribution is 0.662. The van der Waals surface area contributed by atoms with Crippen LogP contribution in [0, 0.1) is 0 Å². The zero-order chi connectivity index (χ0) is 38.6. The predicted octanol–water partition coefficient (Wildman–Crippen LogP) is 15.4. The third-order valence-corrected chi connectivity index (χ3v) is 12.2. The molecular weight excluding hydrogens is 703 g/mol. The average Bonchev–Trinajstić information content (AvgIpc) is 3.80. The second-order valence-corrected chi connectivity index (χ2v) is 15.4. The Morgan fingerprint density at radius 1 is 0.345 bits per heavy atom. The van der Waals surface area contributed by atoms with E-state index in [1.54, 1.807) is 0 Å². The normalized spacial score (nSPS) is 12.7. The molecule has 0 atom stereocenters. The number of anilines is 3. The maximum Gasteiger partial charge on any atom is 0.135 e. The van der Waals surface area contributed by atoms with E-state index >= 15 is 0 Å². The summed E-state index contributed by atoms with van der Waals surface area (Å²) in [6, 6.07) is 78.7. The van der Waals surface area contributed by atoms with Gasteiger partial charge < -0.3 is 9.32 Å². The lowest BCUT2D eigenvalue weighted by atomic mass is 9.74. The molecule has 1 aliphatic rings. The highest BCUT2D eigenvalue weighted by Crippen LogP contribution is 2.52. The number of furan rings is 1. The zero-order valence-corrected chi connectivity index (χ0v) is 32.1. The van der Waals surface area contributed by atoms with Crippen LogP contribution in [0.4, 0.5) is 17.1 Å². The Morgan fingerprint density at radius 3 is 1.29 bits per heavy atom. The van der Waals surface area contributed by atoms with E-state index in [0.29, 0.717) is 0 Å². The smallest absolute Gasteiger partial charge is 0.135 e. The summed E-state index contributed by atoms with van der Waals surface area (Å²) in [6.45, 7) is 2.35. The van der Waals surface area contributed by atoms with Gasteiger partial charge in [-0.25, -0.2) is 0 Å². The molecule has 2 heteroatoms. The molecule has 0 spiro atoms. The topological polar surface area (TPSA) is 16.4 Å². The van der Waals surface area contributed by atoms with Crippen molar-refractivity contribution >= 4 is 39.0 Å². The summed E-state index contributed by atoms with van der Waals surface area (Å²) in [5.41, 5.74) is 18.5. The van der Waals surface area contributed by atoms with Crippen molar-refractivity contribution in [1.82, 2.24) is 0 Å². The van der Waals surface area contributed by atoms with Crippen molar-refractivity contribution in [1.29, 1.82) is 0 Å². The van der Waals surface area contributed by atoms with Crippen LogP contribution in [0.3, 0.4) is 0 Å². The number of rotatable bonds is 7. The van der Waals surface area contributed by atoms with Crippen LogP contribution < -0.4 is 4.90 Å². The van der Waals surface area contributed by atoms with Crippen LogP contribution >= 0.6 is 0 Å². The SMILES string of the molecule is CC1(c2ccc3c(c2)oc2ccc(-c4ccc(N(c5ccc(-c6ccccc6)cc5)c5ccc(-c6ccccc6)cc5)cc4)cc23)c2ccccc2-c2ccccc21. The van der Waals surface area contributed by atoms with Crippen molar-refractivity contribution in [2.24, 2.45) is 0 Å². The molecular formula is C56H39NO. The summed E-state index contributed by atoms with van der Waals surface area (Å²) < 4.78 is 6.58. The average molecular weight is 742 g/mol. The van der Waals surface area contributed by atoms with Gasteiger partial charge in [-0.1, -0.05) is 164 Å². The first-order chi connectivity index (χ1) is 28.6. The Morgan fingerprint density at radius 2 is 0.776 bits per heavy atom. The van der Waals surface area contributed by atoms with Gasteiger partial charge in [-0.05, 0) is 123 Å². The molecule has 1 aliphatic carbocycles. The molecule has 1 heterocycles. The molecule has 9 aromatic carbocycles. The van der Waals surface area contributed by atoms with Crippen LogP contribution in [0.2, 0.25) is 0 Å². The Balaban J connectivity index is 0.940. The molecule has 0 fully saturated rings. The molecule has 58 heavy (non-hydrogen) atoms. The number of fused-ring (bicyclic) bond motifs is 6. The number of nitrogens with zero attached hydrogens (tertiary/aromatic N) is 1. The summed E-state index contributed by atoms with van der Waals surface area (Å²) in [4.78, 5) is 2.33. The summed E-state index contributed by atoms with van der Waals surface area (Å²) in [5.74, 6) is 0.